The van der Waals surface area contributed by atoms with Crippen molar-refractivity contribution in [3.05, 3.63) is 24.2 Å². The van der Waals surface area contributed by atoms with Gasteiger partial charge in [0.2, 0.25) is 0 Å². The summed E-state index contributed by atoms with van der Waals surface area (Å²) in [7, 11) is 0. The molecule has 0 N–H and O–H groups in total. The zero-order valence-corrected chi connectivity index (χ0v) is 7.47. The first-order chi connectivity index (χ1) is 5.93. The Morgan fingerprint density at radius 2 is 2.33 bits per heavy atom. The first-order valence-electron chi connectivity index (χ1n) is 4.46. The molecule has 0 spiro atoms. The summed E-state index contributed by atoms with van der Waals surface area (Å²) in [4.78, 5) is 0. The molecule has 1 heterocycles. The van der Waals surface area contributed by atoms with Crippen molar-refractivity contribution in [3.63, 3.8) is 0 Å². The summed E-state index contributed by atoms with van der Waals surface area (Å²) in [5.41, 5.74) is 0. The van der Waals surface area contributed by atoms with Crippen LogP contribution in [0.5, 0.6) is 0 Å². The molecule has 1 rings (SSSR count). The van der Waals surface area contributed by atoms with Crippen LogP contribution in [0.2, 0.25) is 0 Å². The summed E-state index contributed by atoms with van der Waals surface area (Å²) in [5.74, 6) is 6.82. The van der Waals surface area contributed by atoms with Crippen LogP contribution in [0.3, 0.4) is 0 Å². The minimum absolute atomic E-state index is 0.770. The van der Waals surface area contributed by atoms with Crippen LogP contribution in [0, 0.1) is 11.8 Å². The van der Waals surface area contributed by atoms with Crippen molar-refractivity contribution < 1.29 is 4.42 Å². The average molecular weight is 162 g/mol. The van der Waals surface area contributed by atoms with E-state index in [0.29, 0.717) is 0 Å². The van der Waals surface area contributed by atoms with Gasteiger partial charge in [-0.3, -0.25) is 0 Å². The highest BCUT2D eigenvalue weighted by Gasteiger charge is 1.85. The lowest BCUT2D eigenvalue weighted by molar-refractivity contribution is 0.554. The van der Waals surface area contributed by atoms with E-state index in [1.807, 2.05) is 12.1 Å². The van der Waals surface area contributed by atoms with E-state index in [2.05, 4.69) is 18.8 Å². The zero-order valence-electron chi connectivity index (χ0n) is 7.47. The quantitative estimate of drug-likeness (QED) is 0.491. The van der Waals surface area contributed by atoms with Crippen LogP contribution in [0.15, 0.2) is 22.8 Å². The van der Waals surface area contributed by atoms with E-state index in [4.69, 9.17) is 4.42 Å². The molecule has 64 valence electrons. The van der Waals surface area contributed by atoms with Gasteiger partial charge in [-0.1, -0.05) is 25.7 Å². The molecule has 0 aliphatic heterocycles. The molecule has 0 radical (unpaired) electrons. The van der Waals surface area contributed by atoms with E-state index in [-0.39, 0.29) is 0 Å². The summed E-state index contributed by atoms with van der Waals surface area (Å²) in [6, 6.07) is 3.74. The van der Waals surface area contributed by atoms with E-state index >= 15 is 0 Å². The zero-order chi connectivity index (χ0) is 8.65. The molecule has 1 aromatic rings. The molecule has 0 aliphatic carbocycles. The van der Waals surface area contributed by atoms with E-state index < -0.39 is 0 Å². The SMILES string of the molecule is CCCCCC#Cc1ccco1. The van der Waals surface area contributed by atoms with Gasteiger partial charge in [-0.2, -0.15) is 0 Å². The van der Waals surface area contributed by atoms with Crippen LogP contribution >= 0.6 is 0 Å². The molecule has 0 aromatic carbocycles. The number of hydrogen-bond donors (Lipinski definition) is 0. The molecular weight excluding hydrogens is 148 g/mol. The van der Waals surface area contributed by atoms with Gasteiger partial charge in [0.25, 0.3) is 0 Å². The third-order valence-corrected chi connectivity index (χ3v) is 1.64. The Bertz CT molecular complexity index is 248. The highest BCUT2D eigenvalue weighted by atomic mass is 16.3. The second-order valence-electron chi connectivity index (χ2n) is 2.74. The second kappa shape index (κ2) is 5.49. The van der Waals surface area contributed by atoms with Gasteiger partial charge in [-0.25, -0.2) is 0 Å². The minimum Gasteiger partial charge on any atom is -0.456 e. The van der Waals surface area contributed by atoms with Crippen molar-refractivity contribution in [2.45, 2.75) is 32.6 Å². The largest absolute Gasteiger partial charge is 0.456 e. The normalized spacial score (nSPS) is 9.08. The maximum absolute atomic E-state index is 5.07. The third kappa shape index (κ3) is 3.30. The van der Waals surface area contributed by atoms with Crippen molar-refractivity contribution in [3.8, 4) is 11.8 Å². The molecule has 12 heavy (non-hydrogen) atoms. The van der Waals surface area contributed by atoms with Crippen LogP contribution in [0.1, 0.15) is 38.4 Å². The van der Waals surface area contributed by atoms with Gasteiger partial charge >= 0.3 is 0 Å². The first kappa shape index (κ1) is 8.93. The fourth-order valence-corrected chi connectivity index (χ4v) is 0.963. The van der Waals surface area contributed by atoms with Gasteiger partial charge in [0.15, 0.2) is 5.76 Å². The Morgan fingerprint density at radius 3 is 3.00 bits per heavy atom. The Kier molecular flexibility index (Phi) is 4.08. The molecule has 0 aliphatic rings. The molecule has 0 fully saturated rings. The molecule has 1 heteroatoms. The monoisotopic (exact) mass is 162 g/mol. The van der Waals surface area contributed by atoms with Gasteiger partial charge in [-0.05, 0) is 24.5 Å². The second-order valence-corrected chi connectivity index (χ2v) is 2.74. The molecule has 1 nitrogen and oxygen atoms in total. The van der Waals surface area contributed by atoms with E-state index in [9.17, 15) is 0 Å². The maximum atomic E-state index is 5.07. The fraction of sp³-hybridized carbons (Fsp3) is 0.455. The van der Waals surface area contributed by atoms with Crippen molar-refractivity contribution in [2.24, 2.45) is 0 Å². The van der Waals surface area contributed by atoms with Gasteiger partial charge in [0, 0.05) is 6.42 Å². The molecule has 0 saturated carbocycles. The number of furan rings is 1. The van der Waals surface area contributed by atoms with E-state index in [0.717, 1.165) is 12.2 Å². The van der Waals surface area contributed by atoms with Crippen LogP contribution in [-0.4, -0.2) is 0 Å². The highest BCUT2D eigenvalue weighted by Crippen LogP contribution is 1.99. The molecule has 0 bridgehead atoms. The Balaban J connectivity index is 2.21. The lowest BCUT2D eigenvalue weighted by atomic mass is 10.2. The summed E-state index contributed by atoms with van der Waals surface area (Å²) in [5, 5.41) is 0. The summed E-state index contributed by atoms with van der Waals surface area (Å²) in [6.07, 6.45) is 6.35. The Morgan fingerprint density at radius 1 is 1.42 bits per heavy atom. The topological polar surface area (TPSA) is 13.1 Å². The molecular formula is C11H14O. The first-order valence-corrected chi connectivity index (χ1v) is 4.46. The van der Waals surface area contributed by atoms with Gasteiger partial charge in [0.1, 0.15) is 0 Å². The van der Waals surface area contributed by atoms with Crippen LogP contribution in [0.4, 0.5) is 0 Å². The van der Waals surface area contributed by atoms with Crippen molar-refractivity contribution in [1.82, 2.24) is 0 Å². The average Bonchev–Trinajstić information content (AvgIpc) is 2.57. The summed E-state index contributed by atoms with van der Waals surface area (Å²) >= 11 is 0. The lowest BCUT2D eigenvalue weighted by Crippen LogP contribution is -1.71. The number of rotatable bonds is 3. The predicted octanol–water partition coefficient (Wildman–Crippen LogP) is 3.21. The summed E-state index contributed by atoms with van der Waals surface area (Å²) < 4.78 is 5.07. The van der Waals surface area contributed by atoms with Crippen LogP contribution < -0.4 is 0 Å². The Hall–Kier alpha value is -1.16. The smallest absolute Gasteiger partial charge is 0.176 e. The maximum Gasteiger partial charge on any atom is 0.176 e. The van der Waals surface area contributed by atoms with Gasteiger partial charge < -0.3 is 4.42 Å². The van der Waals surface area contributed by atoms with Crippen LogP contribution in [0.25, 0.3) is 0 Å². The van der Waals surface area contributed by atoms with Crippen molar-refractivity contribution >= 4 is 0 Å². The molecule has 0 unspecified atom stereocenters. The standard InChI is InChI=1S/C11H14O/c1-2-3-4-5-6-8-11-9-7-10-12-11/h7,9-10H,2-5H2,1H3. The molecule has 0 saturated heterocycles. The van der Waals surface area contributed by atoms with Gasteiger partial charge in [-0.15, -0.1) is 0 Å². The van der Waals surface area contributed by atoms with Crippen molar-refractivity contribution in [2.75, 3.05) is 0 Å². The molecule has 0 atom stereocenters. The number of unbranched alkanes of at least 4 members (excludes halogenated alkanes) is 3. The summed E-state index contributed by atoms with van der Waals surface area (Å²) in [6.45, 7) is 2.19. The van der Waals surface area contributed by atoms with E-state index in [1.54, 1.807) is 6.26 Å². The highest BCUT2D eigenvalue weighted by molar-refractivity contribution is 5.23. The van der Waals surface area contributed by atoms with Crippen LogP contribution in [-0.2, 0) is 0 Å². The third-order valence-electron chi connectivity index (χ3n) is 1.64. The fourth-order valence-electron chi connectivity index (χ4n) is 0.963. The lowest BCUT2D eigenvalue weighted by Gasteiger charge is -1.87. The van der Waals surface area contributed by atoms with Gasteiger partial charge in [0.05, 0.1) is 6.26 Å². The van der Waals surface area contributed by atoms with E-state index in [1.165, 1.54) is 19.3 Å². The van der Waals surface area contributed by atoms with Crippen molar-refractivity contribution in [1.29, 1.82) is 0 Å². The molecule has 1 aromatic heterocycles. The number of hydrogen-bond acceptors (Lipinski definition) is 1. The minimum atomic E-state index is 0.770. The Labute approximate surface area is 73.8 Å². The molecule has 0 amide bonds. The predicted molar refractivity (Wildman–Crippen MR) is 49.7 cm³/mol.